The summed E-state index contributed by atoms with van der Waals surface area (Å²) < 4.78 is 0. The van der Waals surface area contributed by atoms with Gasteiger partial charge in [-0.1, -0.05) is 24.3 Å². The van der Waals surface area contributed by atoms with Crippen LogP contribution in [0.4, 0.5) is 0 Å². The van der Waals surface area contributed by atoms with E-state index in [2.05, 4.69) is 75.5 Å². The largest absolute Gasteiger partial charge is 0.143 e. The molecule has 0 saturated heterocycles. The fraction of sp³-hybridized carbons (Fsp3) is 0.143. The fourth-order valence-electron chi connectivity index (χ4n) is 1.74. The first kappa shape index (κ1) is 11.6. The van der Waals surface area contributed by atoms with Crippen molar-refractivity contribution >= 4 is 25.3 Å². The Morgan fingerprint density at radius 1 is 0.688 bits per heavy atom. The molecule has 0 aliphatic carbocycles. The highest BCUT2D eigenvalue weighted by Gasteiger charge is 2.06. The van der Waals surface area contributed by atoms with Crippen molar-refractivity contribution in [2.75, 3.05) is 0 Å². The van der Waals surface area contributed by atoms with Gasteiger partial charge in [0.05, 0.1) is 0 Å². The quantitative estimate of drug-likeness (QED) is 0.678. The Labute approximate surface area is 108 Å². The van der Waals surface area contributed by atoms with Gasteiger partial charge in [-0.3, -0.25) is 0 Å². The molecule has 0 aliphatic rings. The average molecular weight is 246 g/mol. The van der Waals surface area contributed by atoms with Crippen molar-refractivity contribution in [3.05, 3.63) is 47.5 Å². The average Bonchev–Trinajstić information content (AvgIpc) is 2.19. The van der Waals surface area contributed by atoms with Gasteiger partial charge >= 0.3 is 0 Å². The number of hydrogen-bond acceptors (Lipinski definition) is 2. The maximum Gasteiger partial charge on any atom is 0.0122 e. The third-order valence-corrected chi connectivity index (χ3v) is 3.34. The van der Waals surface area contributed by atoms with Crippen molar-refractivity contribution in [3.63, 3.8) is 0 Å². The normalized spacial score (nSPS) is 10.5. The molecule has 2 aromatic carbocycles. The van der Waals surface area contributed by atoms with E-state index in [1.807, 2.05) is 0 Å². The van der Waals surface area contributed by atoms with E-state index in [4.69, 9.17) is 0 Å². The van der Waals surface area contributed by atoms with Crippen LogP contribution >= 0.6 is 25.3 Å². The Balaban J connectivity index is 2.59. The Kier molecular flexibility index (Phi) is 3.31. The summed E-state index contributed by atoms with van der Waals surface area (Å²) in [6.45, 7) is 4.14. The second kappa shape index (κ2) is 4.56. The molecule has 0 heterocycles. The molecule has 2 aromatic rings. The van der Waals surface area contributed by atoms with Crippen molar-refractivity contribution < 1.29 is 0 Å². The summed E-state index contributed by atoms with van der Waals surface area (Å²) in [5.74, 6) is 0. The summed E-state index contributed by atoms with van der Waals surface area (Å²) in [6.07, 6.45) is 0. The van der Waals surface area contributed by atoms with Crippen molar-refractivity contribution in [1.29, 1.82) is 0 Å². The van der Waals surface area contributed by atoms with E-state index < -0.39 is 0 Å². The lowest BCUT2D eigenvalue weighted by atomic mass is 10.0. The first-order valence-electron chi connectivity index (χ1n) is 5.17. The van der Waals surface area contributed by atoms with Gasteiger partial charge in [0.1, 0.15) is 0 Å². The van der Waals surface area contributed by atoms with Crippen molar-refractivity contribution in [2.45, 2.75) is 23.6 Å². The third kappa shape index (κ3) is 2.28. The molecular weight excluding hydrogens is 232 g/mol. The zero-order valence-corrected chi connectivity index (χ0v) is 11.1. The Hall–Kier alpha value is -0.860. The molecular formula is C14H14S2. The highest BCUT2D eigenvalue weighted by Crippen LogP contribution is 2.32. The highest BCUT2D eigenvalue weighted by atomic mass is 32.1. The van der Waals surface area contributed by atoms with E-state index in [0.29, 0.717) is 0 Å². The van der Waals surface area contributed by atoms with Gasteiger partial charge in [-0.15, -0.1) is 25.3 Å². The maximum absolute atomic E-state index is 4.52. The van der Waals surface area contributed by atoms with Crippen LogP contribution in [0.15, 0.2) is 46.2 Å². The lowest BCUT2D eigenvalue weighted by Gasteiger charge is -2.09. The van der Waals surface area contributed by atoms with Crippen LogP contribution in [-0.2, 0) is 0 Å². The summed E-state index contributed by atoms with van der Waals surface area (Å²) in [4.78, 5) is 2.00. The summed E-state index contributed by atoms with van der Waals surface area (Å²) in [7, 11) is 0. The number of hydrogen-bond donors (Lipinski definition) is 2. The molecule has 0 spiro atoms. The standard InChI is InChI=1S/C14H14S2/c1-9-3-5-11(13(15)7-9)12-6-4-10(2)8-14(12)16/h3-8,15-16H,1-2H3. The number of rotatable bonds is 1. The Morgan fingerprint density at radius 2 is 1.06 bits per heavy atom. The topological polar surface area (TPSA) is 0 Å². The molecule has 0 fully saturated rings. The first-order chi connectivity index (χ1) is 7.58. The van der Waals surface area contributed by atoms with Crippen LogP contribution in [0.2, 0.25) is 0 Å². The van der Waals surface area contributed by atoms with Crippen LogP contribution in [0.25, 0.3) is 11.1 Å². The van der Waals surface area contributed by atoms with E-state index in [-0.39, 0.29) is 0 Å². The first-order valence-corrected chi connectivity index (χ1v) is 6.07. The number of thiol groups is 2. The summed E-state index contributed by atoms with van der Waals surface area (Å²) in [6, 6.07) is 12.5. The van der Waals surface area contributed by atoms with Gasteiger partial charge < -0.3 is 0 Å². The second-order valence-corrected chi connectivity index (χ2v) is 5.00. The fourth-order valence-corrected chi connectivity index (χ4v) is 2.54. The lowest BCUT2D eigenvalue weighted by molar-refractivity contribution is 1.31. The molecule has 0 bridgehead atoms. The molecule has 0 N–H and O–H groups in total. The SMILES string of the molecule is Cc1ccc(-c2ccc(C)cc2S)c(S)c1. The summed E-state index contributed by atoms with van der Waals surface area (Å²) >= 11 is 9.04. The second-order valence-electron chi connectivity index (χ2n) is 4.04. The third-order valence-electron chi connectivity index (χ3n) is 2.60. The molecule has 0 unspecified atom stereocenters. The zero-order valence-electron chi connectivity index (χ0n) is 9.36. The van der Waals surface area contributed by atoms with E-state index in [9.17, 15) is 0 Å². The van der Waals surface area contributed by atoms with E-state index in [1.54, 1.807) is 0 Å². The van der Waals surface area contributed by atoms with E-state index >= 15 is 0 Å². The molecule has 0 aliphatic heterocycles. The van der Waals surface area contributed by atoms with Gasteiger partial charge in [-0.2, -0.15) is 0 Å². The molecule has 2 rings (SSSR count). The minimum atomic E-state index is 0.999. The Morgan fingerprint density at radius 3 is 1.38 bits per heavy atom. The van der Waals surface area contributed by atoms with Gasteiger partial charge in [0, 0.05) is 9.79 Å². The zero-order chi connectivity index (χ0) is 11.7. The smallest absolute Gasteiger partial charge is 0.0122 e. The lowest BCUT2D eigenvalue weighted by Crippen LogP contribution is -1.85. The van der Waals surface area contributed by atoms with E-state index in [0.717, 1.165) is 20.9 Å². The number of benzene rings is 2. The van der Waals surface area contributed by atoms with Crippen LogP contribution in [0.5, 0.6) is 0 Å². The Bertz CT molecular complexity index is 481. The van der Waals surface area contributed by atoms with Gasteiger partial charge in [0.15, 0.2) is 0 Å². The molecule has 82 valence electrons. The number of aryl methyl sites for hydroxylation is 2. The van der Waals surface area contributed by atoms with Crippen LogP contribution < -0.4 is 0 Å². The van der Waals surface area contributed by atoms with Crippen molar-refractivity contribution in [1.82, 2.24) is 0 Å². The van der Waals surface area contributed by atoms with Crippen LogP contribution in [0.1, 0.15) is 11.1 Å². The minimum Gasteiger partial charge on any atom is -0.143 e. The molecule has 0 saturated carbocycles. The molecule has 0 nitrogen and oxygen atoms in total. The summed E-state index contributed by atoms with van der Waals surface area (Å²) in [5, 5.41) is 0. The van der Waals surface area contributed by atoms with Gasteiger partial charge in [0.2, 0.25) is 0 Å². The van der Waals surface area contributed by atoms with Crippen LogP contribution in [0, 0.1) is 13.8 Å². The molecule has 0 aromatic heterocycles. The monoisotopic (exact) mass is 246 g/mol. The van der Waals surface area contributed by atoms with Gasteiger partial charge in [-0.25, -0.2) is 0 Å². The predicted octanol–water partition coefficient (Wildman–Crippen LogP) is 4.55. The van der Waals surface area contributed by atoms with E-state index in [1.165, 1.54) is 11.1 Å². The summed E-state index contributed by atoms with van der Waals surface area (Å²) in [5.41, 5.74) is 4.72. The van der Waals surface area contributed by atoms with Crippen LogP contribution in [0.3, 0.4) is 0 Å². The molecule has 0 atom stereocenters. The highest BCUT2D eigenvalue weighted by molar-refractivity contribution is 7.80. The van der Waals surface area contributed by atoms with Crippen LogP contribution in [-0.4, -0.2) is 0 Å². The predicted molar refractivity (Wildman–Crippen MR) is 75.9 cm³/mol. The van der Waals surface area contributed by atoms with Crippen molar-refractivity contribution in [3.8, 4) is 11.1 Å². The maximum atomic E-state index is 4.52. The van der Waals surface area contributed by atoms with Crippen molar-refractivity contribution in [2.24, 2.45) is 0 Å². The molecule has 16 heavy (non-hydrogen) atoms. The van der Waals surface area contributed by atoms with Gasteiger partial charge in [0.25, 0.3) is 0 Å². The molecule has 0 amide bonds. The molecule has 2 heteroatoms. The molecule has 0 radical (unpaired) electrons. The minimum absolute atomic E-state index is 0.999. The van der Waals surface area contributed by atoms with Gasteiger partial charge in [-0.05, 0) is 48.2 Å².